The Balaban J connectivity index is 2.79. The SMILES string of the molecule is O=C(O)c1c[nH]c2cnc(Cl)cc12. The molecule has 4 nitrogen and oxygen atoms in total. The number of pyridine rings is 1. The normalized spacial score (nSPS) is 10.5. The van der Waals surface area contributed by atoms with Crippen LogP contribution in [0.1, 0.15) is 10.4 Å². The van der Waals surface area contributed by atoms with Gasteiger partial charge in [0.05, 0.1) is 17.3 Å². The van der Waals surface area contributed by atoms with Gasteiger partial charge in [-0.2, -0.15) is 0 Å². The Labute approximate surface area is 78.2 Å². The van der Waals surface area contributed by atoms with E-state index in [2.05, 4.69) is 9.97 Å². The number of carboxylic acids is 1. The highest BCUT2D eigenvalue weighted by Gasteiger charge is 2.10. The number of carboxylic acid groups (broad SMARTS) is 1. The van der Waals surface area contributed by atoms with Gasteiger partial charge in [0.1, 0.15) is 5.15 Å². The van der Waals surface area contributed by atoms with Crippen molar-refractivity contribution in [1.82, 2.24) is 9.97 Å². The van der Waals surface area contributed by atoms with Gasteiger partial charge in [0.15, 0.2) is 0 Å². The van der Waals surface area contributed by atoms with E-state index in [4.69, 9.17) is 16.7 Å². The molecule has 0 aliphatic heterocycles. The summed E-state index contributed by atoms with van der Waals surface area (Å²) < 4.78 is 0. The van der Waals surface area contributed by atoms with Crippen LogP contribution in [0.15, 0.2) is 18.5 Å². The second-order valence-corrected chi connectivity index (χ2v) is 2.95. The molecule has 2 rings (SSSR count). The molecule has 0 aliphatic carbocycles. The van der Waals surface area contributed by atoms with Gasteiger partial charge in [0, 0.05) is 11.6 Å². The average Bonchev–Trinajstić information content (AvgIpc) is 2.46. The first-order valence-corrected chi connectivity index (χ1v) is 3.92. The van der Waals surface area contributed by atoms with E-state index in [0.717, 1.165) is 0 Å². The van der Waals surface area contributed by atoms with Crippen molar-refractivity contribution >= 4 is 28.5 Å². The van der Waals surface area contributed by atoms with Gasteiger partial charge in [0.2, 0.25) is 0 Å². The largest absolute Gasteiger partial charge is 0.478 e. The lowest BCUT2D eigenvalue weighted by Gasteiger charge is -1.92. The van der Waals surface area contributed by atoms with Gasteiger partial charge in [-0.25, -0.2) is 9.78 Å². The summed E-state index contributed by atoms with van der Waals surface area (Å²) in [7, 11) is 0. The van der Waals surface area contributed by atoms with Crippen LogP contribution in [0.2, 0.25) is 5.15 Å². The Kier molecular flexibility index (Phi) is 1.70. The Morgan fingerprint density at radius 1 is 1.62 bits per heavy atom. The van der Waals surface area contributed by atoms with E-state index in [1.54, 1.807) is 0 Å². The van der Waals surface area contributed by atoms with Crippen LogP contribution in [0.25, 0.3) is 10.9 Å². The molecule has 2 heterocycles. The Bertz CT molecular complexity index is 478. The van der Waals surface area contributed by atoms with Crippen molar-refractivity contribution in [1.29, 1.82) is 0 Å². The maximum atomic E-state index is 10.7. The molecule has 0 bridgehead atoms. The van der Waals surface area contributed by atoms with Crippen LogP contribution in [0.3, 0.4) is 0 Å². The number of fused-ring (bicyclic) bond motifs is 1. The van der Waals surface area contributed by atoms with Crippen LogP contribution in [0.5, 0.6) is 0 Å². The summed E-state index contributed by atoms with van der Waals surface area (Å²) >= 11 is 5.63. The highest BCUT2D eigenvalue weighted by Crippen LogP contribution is 2.19. The van der Waals surface area contributed by atoms with Crippen molar-refractivity contribution in [2.75, 3.05) is 0 Å². The third kappa shape index (κ3) is 1.25. The zero-order chi connectivity index (χ0) is 9.42. The molecule has 66 valence electrons. The molecule has 0 aliphatic rings. The number of aromatic nitrogens is 2. The monoisotopic (exact) mass is 196 g/mol. The van der Waals surface area contributed by atoms with Crippen molar-refractivity contribution in [2.45, 2.75) is 0 Å². The van der Waals surface area contributed by atoms with Crippen LogP contribution >= 0.6 is 11.6 Å². The van der Waals surface area contributed by atoms with E-state index in [9.17, 15) is 4.79 Å². The van der Waals surface area contributed by atoms with E-state index < -0.39 is 5.97 Å². The molecule has 0 unspecified atom stereocenters. The van der Waals surface area contributed by atoms with Crippen molar-refractivity contribution in [2.24, 2.45) is 0 Å². The minimum absolute atomic E-state index is 0.208. The van der Waals surface area contributed by atoms with E-state index in [1.807, 2.05) is 0 Å². The molecule has 0 fully saturated rings. The Morgan fingerprint density at radius 2 is 2.38 bits per heavy atom. The van der Waals surface area contributed by atoms with Gasteiger partial charge in [-0.1, -0.05) is 11.6 Å². The number of nitrogens with zero attached hydrogens (tertiary/aromatic N) is 1. The molecule has 0 radical (unpaired) electrons. The van der Waals surface area contributed by atoms with Gasteiger partial charge in [-0.15, -0.1) is 0 Å². The lowest BCUT2D eigenvalue weighted by atomic mass is 10.2. The van der Waals surface area contributed by atoms with E-state index in [1.165, 1.54) is 18.5 Å². The fourth-order valence-electron chi connectivity index (χ4n) is 1.17. The van der Waals surface area contributed by atoms with Crippen LogP contribution in [-0.2, 0) is 0 Å². The number of halogens is 1. The first-order chi connectivity index (χ1) is 6.18. The lowest BCUT2D eigenvalue weighted by Crippen LogP contribution is -1.93. The van der Waals surface area contributed by atoms with Crippen molar-refractivity contribution in [3.8, 4) is 0 Å². The van der Waals surface area contributed by atoms with Gasteiger partial charge < -0.3 is 10.1 Å². The summed E-state index contributed by atoms with van der Waals surface area (Å²) in [5.74, 6) is -0.978. The molecular formula is C8H5ClN2O2. The van der Waals surface area contributed by atoms with Gasteiger partial charge >= 0.3 is 5.97 Å². The fraction of sp³-hybridized carbons (Fsp3) is 0. The number of carbonyl (C=O) groups is 1. The van der Waals surface area contributed by atoms with Crippen LogP contribution in [0, 0.1) is 0 Å². The predicted molar refractivity (Wildman–Crippen MR) is 48.1 cm³/mol. The van der Waals surface area contributed by atoms with E-state index in [-0.39, 0.29) is 10.7 Å². The molecule has 0 aromatic carbocycles. The molecule has 0 atom stereocenters. The standard InChI is InChI=1S/C8H5ClN2O2/c9-7-1-4-5(8(12)13)2-10-6(4)3-11-7/h1-3,10H,(H,12,13). The highest BCUT2D eigenvalue weighted by molar-refractivity contribution is 6.30. The molecule has 2 N–H and O–H groups in total. The fourth-order valence-corrected chi connectivity index (χ4v) is 1.33. The quantitative estimate of drug-likeness (QED) is 0.685. The summed E-state index contributed by atoms with van der Waals surface area (Å²) in [5.41, 5.74) is 0.876. The van der Waals surface area contributed by atoms with Crippen molar-refractivity contribution < 1.29 is 9.90 Å². The maximum absolute atomic E-state index is 10.7. The van der Waals surface area contributed by atoms with Crippen LogP contribution in [0.4, 0.5) is 0 Å². The molecule has 0 spiro atoms. The third-order valence-electron chi connectivity index (χ3n) is 1.76. The van der Waals surface area contributed by atoms with Crippen LogP contribution < -0.4 is 0 Å². The number of hydrogen-bond acceptors (Lipinski definition) is 2. The second kappa shape index (κ2) is 2.74. The number of aromatic amines is 1. The molecule has 2 aromatic heterocycles. The number of hydrogen-bond donors (Lipinski definition) is 2. The minimum atomic E-state index is -0.978. The molecular weight excluding hydrogens is 192 g/mol. The third-order valence-corrected chi connectivity index (χ3v) is 1.97. The Hall–Kier alpha value is -1.55. The predicted octanol–water partition coefficient (Wildman–Crippen LogP) is 1.91. The minimum Gasteiger partial charge on any atom is -0.478 e. The molecule has 13 heavy (non-hydrogen) atoms. The average molecular weight is 197 g/mol. The van der Waals surface area contributed by atoms with Gasteiger partial charge in [-0.3, -0.25) is 0 Å². The summed E-state index contributed by atoms with van der Waals surface area (Å²) in [6, 6.07) is 1.52. The second-order valence-electron chi connectivity index (χ2n) is 2.56. The number of rotatable bonds is 1. The summed E-state index contributed by atoms with van der Waals surface area (Å²) in [4.78, 5) is 17.3. The molecule has 0 saturated carbocycles. The first kappa shape index (κ1) is 8.07. The van der Waals surface area contributed by atoms with Crippen molar-refractivity contribution in [3.63, 3.8) is 0 Å². The van der Waals surface area contributed by atoms with E-state index >= 15 is 0 Å². The summed E-state index contributed by atoms with van der Waals surface area (Å²) in [5, 5.41) is 9.64. The number of aromatic carboxylic acids is 1. The topological polar surface area (TPSA) is 66.0 Å². The van der Waals surface area contributed by atoms with E-state index in [0.29, 0.717) is 10.9 Å². The lowest BCUT2D eigenvalue weighted by molar-refractivity contribution is 0.0699. The smallest absolute Gasteiger partial charge is 0.337 e. The molecule has 5 heteroatoms. The first-order valence-electron chi connectivity index (χ1n) is 3.54. The zero-order valence-electron chi connectivity index (χ0n) is 6.41. The van der Waals surface area contributed by atoms with Gasteiger partial charge in [-0.05, 0) is 6.07 Å². The number of H-pyrrole nitrogens is 1. The van der Waals surface area contributed by atoms with Gasteiger partial charge in [0.25, 0.3) is 0 Å². The van der Waals surface area contributed by atoms with Crippen LogP contribution in [-0.4, -0.2) is 21.0 Å². The molecule has 0 amide bonds. The number of nitrogens with one attached hydrogen (secondary N) is 1. The zero-order valence-corrected chi connectivity index (χ0v) is 7.17. The summed E-state index contributed by atoms with van der Waals surface area (Å²) in [6.07, 6.45) is 2.93. The molecule has 2 aromatic rings. The maximum Gasteiger partial charge on any atom is 0.337 e. The molecule has 0 saturated heterocycles. The summed E-state index contributed by atoms with van der Waals surface area (Å²) in [6.45, 7) is 0. The Morgan fingerprint density at radius 3 is 3.08 bits per heavy atom. The van der Waals surface area contributed by atoms with Crippen molar-refractivity contribution in [3.05, 3.63) is 29.2 Å². The highest BCUT2D eigenvalue weighted by atomic mass is 35.5.